The Bertz CT molecular complexity index is 988. The number of carbonyl (C=O) groups is 2. The Labute approximate surface area is 146 Å². The second kappa shape index (κ2) is 5.82. The van der Waals surface area contributed by atoms with Crippen LogP contribution < -0.4 is 5.32 Å². The molecule has 8 heteroatoms. The van der Waals surface area contributed by atoms with Crippen LogP contribution >= 0.6 is 11.3 Å². The van der Waals surface area contributed by atoms with Crippen LogP contribution in [0.25, 0.3) is 16.3 Å². The maximum atomic E-state index is 11.3. The van der Waals surface area contributed by atoms with Gasteiger partial charge in [0.1, 0.15) is 0 Å². The predicted octanol–water partition coefficient (Wildman–Crippen LogP) is 2.75. The molecule has 4 rings (SSSR count). The molecule has 0 fully saturated rings. The third kappa shape index (κ3) is 2.70. The minimum absolute atomic E-state index is 0.149. The van der Waals surface area contributed by atoms with E-state index in [0.717, 1.165) is 40.4 Å². The zero-order valence-electron chi connectivity index (χ0n) is 13.3. The minimum atomic E-state index is -0.960. The summed E-state index contributed by atoms with van der Waals surface area (Å²) < 4.78 is 1.80. The smallest absolute Gasteiger partial charge is 0.335 e. The molecule has 0 spiro atoms. The lowest BCUT2D eigenvalue weighted by Crippen LogP contribution is -2.07. The maximum absolute atomic E-state index is 11.3. The first kappa shape index (κ1) is 15.5. The summed E-state index contributed by atoms with van der Waals surface area (Å²) >= 11 is 1.43. The molecule has 1 aromatic carbocycles. The number of carboxylic acid groups (broad SMARTS) is 1. The fraction of sp³-hybridized carbons (Fsp3) is 0.176. The van der Waals surface area contributed by atoms with Gasteiger partial charge in [-0.05, 0) is 42.7 Å². The van der Waals surface area contributed by atoms with E-state index in [1.54, 1.807) is 28.9 Å². The monoisotopic (exact) mass is 354 g/mol. The minimum Gasteiger partial charge on any atom is -0.478 e. The summed E-state index contributed by atoms with van der Waals surface area (Å²) in [5.74, 6) is -1.11. The molecule has 2 heterocycles. The number of amides is 1. The first-order valence-corrected chi connectivity index (χ1v) is 8.53. The van der Waals surface area contributed by atoms with Gasteiger partial charge in [-0.2, -0.15) is 5.10 Å². The number of nitrogens with one attached hydrogen (secondary N) is 1. The molecular formula is C17H14N4O3S. The quantitative estimate of drug-likeness (QED) is 0.754. The highest BCUT2D eigenvalue weighted by Gasteiger charge is 2.26. The molecule has 1 aliphatic rings. The molecule has 0 saturated carbocycles. The fourth-order valence-corrected chi connectivity index (χ4v) is 4.04. The van der Waals surface area contributed by atoms with Gasteiger partial charge in [-0.25, -0.2) is 14.5 Å². The fourth-order valence-electron chi connectivity index (χ4n) is 2.91. The topological polar surface area (TPSA) is 97.1 Å². The highest BCUT2D eigenvalue weighted by Crippen LogP contribution is 2.40. The van der Waals surface area contributed by atoms with Crippen LogP contribution in [0.2, 0.25) is 0 Å². The number of rotatable bonds is 3. The molecule has 7 nitrogen and oxygen atoms in total. The number of nitrogens with zero attached hydrogens (tertiary/aromatic N) is 3. The highest BCUT2D eigenvalue weighted by atomic mass is 32.1. The van der Waals surface area contributed by atoms with Gasteiger partial charge >= 0.3 is 5.97 Å². The number of fused-ring (bicyclic) bond motifs is 3. The van der Waals surface area contributed by atoms with Crippen LogP contribution in [0.5, 0.6) is 0 Å². The molecule has 1 amide bonds. The number of aromatic nitrogens is 3. The van der Waals surface area contributed by atoms with Crippen molar-refractivity contribution in [3.05, 3.63) is 47.3 Å². The summed E-state index contributed by atoms with van der Waals surface area (Å²) in [7, 11) is 0. The van der Waals surface area contributed by atoms with Crippen molar-refractivity contribution in [3.8, 4) is 16.3 Å². The van der Waals surface area contributed by atoms with Crippen molar-refractivity contribution in [1.82, 2.24) is 14.8 Å². The zero-order chi connectivity index (χ0) is 17.6. The van der Waals surface area contributed by atoms with Crippen molar-refractivity contribution < 1.29 is 14.7 Å². The summed E-state index contributed by atoms with van der Waals surface area (Å²) in [5.41, 5.74) is 4.04. The molecular weight excluding hydrogens is 340 g/mol. The summed E-state index contributed by atoms with van der Waals surface area (Å²) in [6, 6.07) is 6.59. The lowest BCUT2D eigenvalue weighted by Gasteiger charge is -2.13. The summed E-state index contributed by atoms with van der Waals surface area (Å²) in [6.45, 7) is 1.46. The average Bonchev–Trinajstić information content (AvgIpc) is 3.17. The van der Waals surface area contributed by atoms with Crippen LogP contribution in [-0.4, -0.2) is 31.7 Å². The molecule has 25 heavy (non-hydrogen) atoms. The van der Waals surface area contributed by atoms with Crippen LogP contribution in [0.1, 0.15) is 28.5 Å². The van der Waals surface area contributed by atoms with E-state index in [0.29, 0.717) is 5.13 Å². The number of carboxylic acids is 1. The van der Waals surface area contributed by atoms with Crippen LogP contribution in [-0.2, 0) is 17.6 Å². The van der Waals surface area contributed by atoms with Crippen LogP contribution in [0, 0.1) is 0 Å². The zero-order valence-corrected chi connectivity index (χ0v) is 14.1. The molecule has 1 aliphatic carbocycles. The van der Waals surface area contributed by atoms with E-state index in [1.165, 1.54) is 18.3 Å². The normalized spacial score (nSPS) is 12.4. The SMILES string of the molecule is CC(=O)Nc1nc2c(s1)-c1c(cnn1-c1ccc(C(=O)O)cc1)CC2. The number of benzene rings is 1. The van der Waals surface area contributed by atoms with Crippen LogP contribution in [0.3, 0.4) is 0 Å². The molecule has 2 aromatic heterocycles. The van der Waals surface area contributed by atoms with Gasteiger partial charge in [0.15, 0.2) is 5.13 Å². The van der Waals surface area contributed by atoms with Gasteiger partial charge in [-0.3, -0.25) is 4.79 Å². The Morgan fingerprint density at radius 1 is 1.24 bits per heavy atom. The number of hydrogen-bond acceptors (Lipinski definition) is 5. The highest BCUT2D eigenvalue weighted by molar-refractivity contribution is 7.19. The second-order valence-electron chi connectivity index (χ2n) is 5.76. The molecule has 3 aromatic rings. The Hall–Kier alpha value is -3.00. The summed E-state index contributed by atoms with van der Waals surface area (Å²) in [5, 5.41) is 16.8. The Morgan fingerprint density at radius 3 is 2.68 bits per heavy atom. The lowest BCUT2D eigenvalue weighted by atomic mass is 10.0. The van der Waals surface area contributed by atoms with Gasteiger partial charge in [0.2, 0.25) is 5.91 Å². The number of carbonyl (C=O) groups excluding carboxylic acids is 1. The third-order valence-corrected chi connectivity index (χ3v) is 5.05. The molecule has 0 saturated heterocycles. The molecule has 0 bridgehead atoms. The largest absolute Gasteiger partial charge is 0.478 e. The molecule has 0 aliphatic heterocycles. The number of thiazole rings is 1. The van der Waals surface area contributed by atoms with Gasteiger partial charge in [0.05, 0.1) is 33.7 Å². The van der Waals surface area contributed by atoms with E-state index in [9.17, 15) is 9.59 Å². The number of hydrogen-bond donors (Lipinski definition) is 2. The maximum Gasteiger partial charge on any atom is 0.335 e. The van der Waals surface area contributed by atoms with Gasteiger partial charge < -0.3 is 10.4 Å². The number of anilines is 1. The Morgan fingerprint density at radius 2 is 2.00 bits per heavy atom. The van der Waals surface area contributed by atoms with E-state index in [2.05, 4.69) is 15.4 Å². The Kier molecular flexibility index (Phi) is 3.61. The van der Waals surface area contributed by atoms with E-state index in [4.69, 9.17) is 5.11 Å². The summed E-state index contributed by atoms with van der Waals surface area (Å²) in [6.07, 6.45) is 3.47. The van der Waals surface area contributed by atoms with Crippen LogP contribution in [0.4, 0.5) is 5.13 Å². The van der Waals surface area contributed by atoms with Crippen molar-refractivity contribution in [1.29, 1.82) is 0 Å². The average molecular weight is 354 g/mol. The standard InChI is InChI=1S/C17H14N4O3S/c1-9(22)19-17-20-13-7-4-11-8-18-21(14(11)15(13)25-17)12-5-2-10(3-6-12)16(23)24/h2-3,5-6,8H,4,7H2,1H3,(H,23,24)(H,19,20,22). The number of aromatic carboxylic acids is 1. The Balaban J connectivity index is 1.79. The number of aryl methyl sites for hydroxylation is 2. The first-order chi connectivity index (χ1) is 12.0. The van der Waals surface area contributed by atoms with Gasteiger partial charge in [0, 0.05) is 6.92 Å². The lowest BCUT2D eigenvalue weighted by molar-refractivity contribution is -0.114. The molecule has 126 valence electrons. The van der Waals surface area contributed by atoms with E-state index in [-0.39, 0.29) is 11.5 Å². The van der Waals surface area contributed by atoms with Gasteiger partial charge in [-0.15, -0.1) is 0 Å². The molecule has 0 atom stereocenters. The molecule has 0 radical (unpaired) electrons. The van der Waals surface area contributed by atoms with Crippen molar-refractivity contribution in [2.45, 2.75) is 19.8 Å². The van der Waals surface area contributed by atoms with Crippen molar-refractivity contribution >= 4 is 28.3 Å². The summed E-state index contributed by atoms with van der Waals surface area (Å²) in [4.78, 5) is 27.8. The van der Waals surface area contributed by atoms with E-state index < -0.39 is 5.97 Å². The van der Waals surface area contributed by atoms with Crippen LogP contribution in [0.15, 0.2) is 30.5 Å². The van der Waals surface area contributed by atoms with E-state index in [1.807, 2.05) is 6.20 Å². The van der Waals surface area contributed by atoms with Gasteiger partial charge in [0.25, 0.3) is 0 Å². The third-order valence-electron chi connectivity index (χ3n) is 4.03. The van der Waals surface area contributed by atoms with Gasteiger partial charge in [-0.1, -0.05) is 11.3 Å². The molecule has 2 N–H and O–H groups in total. The molecule has 0 unspecified atom stereocenters. The predicted molar refractivity (Wildman–Crippen MR) is 93.3 cm³/mol. The van der Waals surface area contributed by atoms with Crippen molar-refractivity contribution in [2.75, 3.05) is 5.32 Å². The van der Waals surface area contributed by atoms with E-state index >= 15 is 0 Å². The first-order valence-electron chi connectivity index (χ1n) is 7.71. The second-order valence-corrected chi connectivity index (χ2v) is 6.76. The van der Waals surface area contributed by atoms with Crippen molar-refractivity contribution in [3.63, 3.8) is 0 Å². The van der Waals surface area contributed by atoms with Crippen molar-refractivity contribution in [2.24, 2.45) is 0 Å².